The van der Waals surface area contributed by atoms with Crippen LogP contribution in [0.3, 0.4) is 0 Å². The molecule has 21 heteroatoms. The first-order valence-corrected chi connectivity index (χ1v) is 24.5. The van der Waals surface area contributed by atoms with E-state index in [9.17, 15) is 29.8 Å². The standard InChI is InChI=1S/C54H63N3O18/c1-32-44(65-27-38-20-12-7-13-21-38)48(66-28-39-22-14-8-15-23-39)50(67-29-40-24-16-9-17-25-40)53(68-32)74-45-41(30-63-26-37-18-10-6-11-19-37)72-52(62)43(56-57-55)47(45)75-54-51(71-36(5)61)49(70-35(4)60)46(69-34(3)59)42(73-54)31-64-33(2)58/h6-25,32,41-54,62H,26-31H2,1-5H3/t32-,41+,42+,43+,44+,45+,46-,47+,48+,49-,50-,51+,52?,53-,54-/m0/s1. The van der Waals surface area contributed by atoms with Crippen molar-refractivity contribution in [2.75, 3.05) is 13.2 Å². The molecule has 1 N–H and O–H groups in total. The molecule has 3 fully saturated rings. The van der Waals surface area contributed by atoms with Crippen LogP contribution in [0.2, 0.25) is 0 Å². The van der Waals surface area contributed by atoms with E-state index in [1.165, 1.54) is 0 Å². The summed E-state index contributed by atoms with van der Waals surface area (Å²) in [7, 11) is 0. The van der Waals surface area contributed by atoms with Gasteiger partial charge in [0, 0.05) is 32.6 Å². The number of ether oxygens (including phenoxy) is 13. The lowest BCUT2D eigenvalue weighted by Crippen LogP contribution is -2.67. The Morgan fingerprint density at radius 2 is 0.947 bits per heavy atom. The highest BCUT2D eigenvalue weighted by Crippen LogP contribution is 2.38. The Labute approximate surface area is 434 Å². The summed E-state index contributed by atoms with van der Waals surface area (Å²) >= 11 is 0. The second-order valence-corrected chi connectivity index (χ2v) is 18.0. The van der Waals surface area contributed by atoms with Gasteiger partial charge in [0.25, 0.3) is 0 Å². The number of nitrogens with zero attached hydrogens (tertiary/aromatic N) is 3. The third kappa shape index (κ3) is 16.1. The van der Waals surface area contributed by atoms with Crippen molar-refractivity contribution in [3.8, 4) is 0 Å². The highest BCUT2D eigenvalue weighted by molar-refractivity contribution is 5.68. The van der Waals surface area contributed by atoms with E-state index in [0.29, 0.717) is 0 Å². The molecular formula is C54H63N3O18. The molecule has 4 aromatic carbocycles. The van der Waals surface area contributed by atoms with Crippen molar-refractivity contribution in [1.29, 1.82) is 0 Å². The van der Waals surface area contributed by atoms with Crippen molar-refractivity contribution >= 4 is 23.9 Å². The zero-order chi connectivity index (χ0) is 53.3. The Kier molecular flexibility index (Phi) is 21.0. The molecule has 3 saturated heterocycles. The highest BCUT2D eigenvalue weighted by atomic mass is 16.8. The summed E-state index contributed by atoms with van der Waals surface area (Å²) in [6.45, 7) is 5.79. The zero-order valence-corrected chi connectivity index (χ0v) is 42.2. The Hall–Kier alpha value is -6.33. The number of benzene rings is 4. The van der Waals surface area contributed by atoms with E-state index in [0.717, 1.165) is 49.9 Å². The van der Waals surface area contributed by atoms with Crippen LogP contribution in [0.25, 0.3) is 10.4 Å². The number of azide groups is 1. The Morgan fingerprint density at radius 1 is 0.507 bits per heavy atom. The van der Waals surface area contributed by atoms with Gasteiger partial charge in [0.15, 0.2) is 37.2 Å². The highest BCUT2D eigenvalue weighted by Gasteiger charge is 2.58. The second-order valence-electron chi connectivity index (χ2n) is 18.0. The minimum atomic E-state index is -1.89. The quantitative estimate of drug-likeness (QED) is 0.0296. The summed E-state index contributed by atoms with van der Waals surface area (Å²) in [5.74, 6) is -3.37. The molecule has 0 aromatic heterocycles. The van der Waals surface area contributed by atoms with Crippen molar-refractivity contribution in [3.05, 3.63) is 154 Å². The number of aliphatic hydroxyl groups excluding tert-OH is 1. The molecule has 0 bridgehead atoms. The molecule has 3 heterocycles. The SMILES string of the molecule is CC(=O)OC[C@H]1O[C@@H](O[C@H]2[C@H](O[C@@H]3O[C@@H](C)[C@@H](OCc4ccccc4)[C@@H](OCc4ccccc4)[C@@H]3OCc3ccccc3)[C@@H](COCc3ccccc3)OC(O)[C@@H]2N=[N+]=[N-])[C@H](OC(C)=O)[C@@H](OC(C)=O)[C@H]1OC(C)=O. The topological polar surface area (TPSA) is 257 Å². The van der Waals surface area contributed by atoms with E-state index in [2.05, 4.69) is 10.0 Å². The van der Waals surface area contributed by atoms with Crippen molar-refractivity contribution in [2.24, 2.45) is 5.11 Å². The van der Waals surface area contributed by atoms with Crippen LogP contribution in [0, 0.1) is 0 Å². The molecule has 3 aliphatic rings. The Bertz CT molecular complexity index is 2470. The molecule has 0 amide bonds. The molecule has 0 radical (unpaired) electrons. The normalized spacial score (nSPS) is 29.5. The molecule has 7 rings (SSSR count). The molecule has 402 valence electrons. The summed E-state index contributed by atoms with van der Waals surface area (Å²) in [5.41, 5.74) is 13.4. The largest absolute Gasteiger partial charge is 0.463 e. The predicted molar refractivity (Wildman–Crippen MR) is 261 cm³/mol. The second kappa shape index (κ2) is 28.0. The number of hydrogen-bond donors (Lipinski definition) is 1. The van der Waals surface area contributed by atoms with Crippen LogP contribution in [-0.4, -0.2) is 134 Å². The van der Waals surface area contributed by atoms with E-state index < -0.39 is 123 Å². The molecule has 1 unspecified atom stereocenters. The first-order chi connectivity index (χ1) is 36.3. The molecule has 75 heavy (non-hydrogen) atoms. The van der Waals surface area contributed by atoms with Crippen molar-refractivity contribution in [1.82, 2.24) is 0 Å². The fraction of sp³-hybridized carbons (Fsp3) is 0.481. The smallest absolute Gasteiger partial charge is 0.303 e. The van der Waals surface area contributed by atoms with E-state index in [1.807, 2.05) is 121 Å². The van der Waals surface area contributed by atoms with Gasteiger partial charge in [-0.15, -0.1) is 0 Å². The van der Waals surface area contributed by atoms with E-state index in [1.54, 1.807) is 6.92 Å². The summed E-state index contributed by atoms with van der Waals surface area (Å²) in [6, 6.07) is 36.1. The van der Waals surface area contributed by atoms with Crippen molar-refractivity contribution < 1.29 is 85.9 Å². The zero-order valence-electron chi connectivity index (χ0n) is 42.2. The molecule has 0 spiro atoms. The predicted octanol–water partition coefficient (Wildman–Crippen LogP) is 5.95. The molecule has 3 aliphatic heterocycles. The van der Waals surface area contributed by atoms with Gasteiger partial charge in [0.1, 0.15) is 55.4 Å². The number of aliphatic hydroxyl groups is 1. The number of rotatable bonds is 23. The minimum absolute atomic E-state index is 0.0508. The first kappa shape index (κ1) is 56.4. The van der Waals surface area contributed by atoms with Gasteiger partial charge in [0.05, 0.1) is 39.1 Å². The van der Waals surface area contributed by atoms with E-state index in [4.69, 9.17) is 61.6 Å². The lowest BCUT2D eigenvalue weighted by atomic mass is 9.94. The van der Waals surface area contributed by atoms with Gasteiger partial charge in [-0.2, -0.15) is 0 Å². The van der Waals surface area contributed by atoms with Gasteiger partial charge in [-0.05, 0) is 34.7 Å². The lowest BCUT2D eigenvalue weighted by molar-refractivity contribution is -0.376. The van der Waals surface area contributed by atoms with Crippen LogP contribution in [0.1, 0.15) is 56.9 Å². The average molecular weight is 1040 g/mol. The number of carbonyl (C=O) groups excluding carboxylic acids is 4. The Balaban J connectivity index is 1.32. The minimum Gasteiger partial charge on any atom is -0.463 e. The molecule has 15 atom stereocenters. The summed E-state index contributed by atoms with van der Waals surface area (Å²) in [5, 5.41) is 15.7. The van der Waals surface area contributed by atoms with Gasteiger partial charge in [-0.1, -0.05) is 126 Å². The van der Waals surface area contributed by atoms with Crippen LogP contribution in [0.15, 0.2) is 126 Å². The monoisotopic (exact) mass is 1040 g/mol. The van der Waals surface area contributed by atoms with Crippen LogP contribution in [0.5, 0.6) is 0 Å². The van der Waals surface area contributed by atoms with Crippen LogP contribution >= 0.6 is 0 Å². The third-order valence-electron chi connectivity index (χ3n) is 12.3. The fourth-order valence-electron chi connectivity index (χ4n) is 9.00. The van der Waals surface area contributed by atoms with Gasteiger partial charge in [0.2, 0.25) is 0 Å². The maximum Gasteiger partial charge on any atom is 0.303 e. The van der Waals surface area contributed by atoms with Crippen LogP contribution in [-0.2, 0) is 107 Å². The number of carbonyl (C=O) groups is 4. The third-order valence-corrected chi connectivity index (χ3v) is 12.3. The van der Waals surface area contributed by atoms with Gasteiger partial charge < -0.3 is 66.7 Å². The van der Waals surface area contributed by atoms with E-state index >= 15 is 0 Å². The maximum absolute atomic E-state index is 12.9. The van der Waals surface area contributed by atoms with E-state index in [-0.39, 0.29) is 33.0 Å². The molecule has 21 nitrogen and oxygen atoms in total. The first-order valence-electron chi connectivity index (χ1n) is 24.5. The average Bonchev–Trinajstić information content (AvgIpc) is 3.39. The summed E-state index contributed by atoms with van der Waals surface area (Å²) < 4.78 is 82.0. The number of hydrogen-bond acceptors (Lipinski definition) is 19. The van der Waals surface area contributed by atoms with Gasteiger partial charge in [-0.25, -0.2) is 0 Å². The summed E-state index contributed by atoms with van der Waals surface area (Å²) in [6.07, 6.45) is -19.3. The molecule has 0 aliphatic carbocycles. The maximum atomic E-state index is 12.9. The lowest BCUT2D eigenvalue weighted by Gasteiger charge is -2.50. The van der Waals surface area contributed by atoms with Gasteiger partial charge in [-0.3, -0.25) is 19.2 Å². The number of esters is 4. The van der Waals surface area contributed by atoms with Gasteiger partial charge >= 0.3 is 23.9 Å². The molecule has 4 aromatic rings. The van der Waals surface area contributed by atoms with Crippen molar-refractivity contribution in [2.45, 2.75) is 153 Å². The van der Waals surface area contributed by atoms with Crippen LogP contribution in [0.4, 0.5) is 0 Å². The summed E-state index contributed by atoms with van der Waals surface area (Å²) in [4.78, 5) is 53.5. The fourth-order valence-corrected chi connectivity index (χ4v) is 9.00. The van der Waals surface area contributed by atoms with Crippen LogP contribution < -0.4 is 0 Å². The Morgan fingerprint density at radius 3 is 1.45 bits per heavy atom. The molecule has 0 saturated carbocycles. The molecular weight excluding hydrogens is 979 g/mol. The van der Waals surface area contributed by atoms with Crippen molar-refractivity contribution in [3.63, 3.8) is 0 Å².